The number of nitrogens with zero attached hydrogens (tertiary/aromatic N) is 15. The molecule has 83 heavy (non-hydrogen) atoms. The number of rotatable bonds is 14. The fourth-order valence-electron chi connectivity index (χ4n) is 9.81. The molecular formula is C61H78N18O4. The first kappa shape index (κ1) is 59.1. The van der Waals surface area contributed by atoms with Gasteiger partial charge < -0.3 is 25.6 Å². The smallest absolute Gasteiger partial charge is 0.410 e. The van der Waals surface area contributed by atoms with Crippen molar-refractivity contribution < 1.29 is 19.1 Å². The van der Waals surface area contributed by atoms with E-state index in [4.69, 9.17) is 14.7 Å². The number of ketones is 2. The van der Waals surface area contributed by atoms with Crippen molar-refractivity contribution in [1.82, 2.24) is 79.7 Å². The molecule has 0 fully saturated rings. The number of ether oxygens (including phenoxy) is 1. The van der Waals surface area contributed by atoms with Crippen LogP contribution in [0.15, 0.2) is 98.1 Å². The summed E-state index contributed by atoms with van der Waals surface area (Å²) in [6.45, 7) is 28.4. The van der Waals surface area contributed by atoms with Crippen molar-refractivity contribution in [2.75, 3.05) is 23.7 Å². The highest BCUT2D eigenvalue weighted by Crippen LogP contribution is 2.37. The molecule has 6 aromatic heterocycles. The molecule has 2 aliphatic rings. The van der Waals surface area contributed by atoms with Gasteiger partial charge in [0.2, 0.25) is 11.9 Å². The lowest BCUT2D eigenvalue weighted by atomic mass is 9.87. The van der Waals surface area contributed by atoms with E-state index in [2.05, 4.69) is 109 Å². The predicted octanol–water partition coefficient (Wildman–Crippen LogP) is 11.4. The van der Waals surface area contributed by atoms with Crippen LogP contribution in [-0.4, -0.2) is 111 Å². The largest absolute Gasteiger partial charge is 0.444 e. The van der Waals surface area contributed by atoms with Crippen LogP contribution in [0.5, 0.6) is 0 Å². The molecule has 0 spiro atoms. The Bertz CT molecular complexity index is 3570. The first-order valence-electron chi connectivity index (χ1n) is 28.5. The zero-order chi connectivity index (χ0) is 59.4. The summed E-state index contributed by atoms with van der Waals surface area (Å²) in [5, 5.41) is 35.4. The van der Waals surface area contributed by atoms with Gasteiger partial charge in [-0.15, -0.1) is 10.2 Å². The lowest BCUT2D eigenvalue weighted by Crippen LogP contribution is -2.36. The summed E-state index contributed by atoms with van der Waals surface area (Å²) >= 11 is 0. The second kappa shape index (κ2) is 24.5. The number of hydrogen-bond acceptors (Lipinski definition) is 17. The van der Waals surface area contributed by atoms with E-state index in [0.717, 1.165) is 64.5 Å². The summed E-state index contributed by atoms with van der Waals surface area (Å²) in [6.07, 6.45) is 16.1. The monoisotopic (exact) mass is 1130 g/mol. The molecule has 0 saturated heterocycles. The number of fused-ring (bicyclic) bond motifs is 2. The van der Waals surface area contributed by atoms with Gasteiger partial charge in [-0.1, -0.05) is 34.7 Å². The Morgan fingerprint density at radius 2 is 1.12 bits per heavy atom. The highest BCUT2D eigenvalue weighted by Gasteiger charge is 2.32. The normalized spacial score (nSPS) is 15.6. The summed E-state index contributed by atoms with van der Waals surface area (Å²) in [5.41, 5.74) is 9.08. The molecule has 8 aromatic rings. The van der Waals surface area contributed by atoms with Crippen molar-refractivity contribution in [2.45, 2.75) is 169 Å². The maximum atomic E-state index is 13.4. The minimum Gasteiger partial charge on any atom is -0.444 e. The van der Waals surface area contributed by atoms with Crippen LogP contribution >= 0.6 is 0 Å². The fourth-order valence-corrected chi connectivity index (χ4v) is 9.81. The van der Waals surface area contributed by atoms with Crippen molar-refractivity contribution in [3.63, 3.8) is 0 Å². The van der Waals surface area contributed by atoms with Crippen LogP contribution < -0.4 is 16.0 Å². The average molecular weight is 1130 g/mol. The summed E-state index contributed by atoms with van der Waals surface area (Å²) in [6, 6.07) is 16.8. The molecule has 0 bridgehead atoms. The number of Topliss-reactive ketones (excluding diaryl/α,β-unsaturated/α-hetero) is 2. The minimum absolute atomic E-state index is 0.0229. The van der Waals surface area contributed by atoms with Crippen LogP contribution in [0.3, 0.4) is 0 Å². The molecule has 0 unspecified atom stereocenters. The van der Waals surface area contributed by atoms with E-state index in [1.54, 1.807) is 51.4 Å². The minimum atomic E-state index is -0.627. The van der Waals surface area contributed by atoms with Gasteiger partial charge in [-0.3, -0.25) is 19.0 Å². The molecule has 0 saturated carbocycles. The molecule has 10 rings (SSSR count). The van der Waals surface area contributed by atoms with Gasteiger partial charge in [0.15, 0.2) is 11.6 Å². The van der Waals surface area contributed by atoms with E-state index in [-0.39, 0.29) is 59.1 Å². The van der Waals surface area contributed by atoms with Gasteiger partial charge in [0.25, 0.3) is 0 Å². The molecular weight excluding hydrogens is 1050 g/mol. The van der Waals surface area contributed by atoms with Crippen molar-refractivity contribution >= 4 is 40.9 Å². The van der Waals surface area contributed by atoms with Crippen LogP contribution in [-0.2, 0) is 28.9 Å². The lowest BCUT2D eigenvalue weighted by Gasteiger charge is -2.26. The Morgan fingerprint density at radius 3 is 1.58 bits per heavy atom. The van der Waals surface area contributed by atoms with Crippen molar-refractivity contribution in [3.05, 3.63) is 132 Å². The highest BCUT2D eigenvalue weighted by atomic mass is 16.6. The fraction of sp³-hybridized carbons (Fsp3) is 0.459. The summed E-state index contributed by atoms with van der Waals surface area (Å²) in [7, 11) is 0. The number of benzene rings is 2. The number of carbonyl (C=O) groups is 3. The van der Waals surface area contributed by atoms with Gasteiger partial charge in [0.05, 0.1) is 58.6 Å². The van der Waals surface area contributed by atoms with E-state index in [0.29, 0.717) is 49.2 Å². The Labute approximate surface area is 485 Å². The summed E-state index contributed by atoms with van der Waals surface area (Å²) < 4.78 is 12.9. The van der Waals surface area contributed by atoms with Gasteiger partial charge in [-0.05, 0) is 168 Å². The van der Waals surface area contributed by atoms with Crippen LogP contribution in [0, 0.1) is 0 Å². The molecule has 2 aromatic carbocycles. The molecule has 22 heteroatoms. The molecule has 436 valence electrons. The molecule has 3 N–H and O–H groups in total. The molecule has 0 aliphatic carbocycles. The van der Waals surface area contributed by atoms with Crippen molar-refractivity contribution in [3.8, 4) is 22.5 Å². The van der Waals surface area contributed by atoms with Gasteiger partial charge >= 0.3 is 6.09 Å². The maximum absolute atomic E-state index is 13.4. The molecule has 0 radical (unpaired) electrons. The second-order valence-electron chi connectivity index (χ2n) is 25.0. The molecule has 22 nitrogen and oxygen atoms in total. The van der Waals surface area contributed by atoms with Gasteiger partial charge in [0, 0.05) is 80.5 Å². The molecule has 8 heterocycles. The van der Waals surface area contributed by atoms with Crippen LogP contribution in [0.2, 0.25) is 0 Å². The average Bonchev–Trinajstić information content (AvgIpc) is 4.44. The predicted molar refractivity (Wildman–Crippen MR) is 318 cm³/mol. The summed E-state index contributed by atoms with van der Waals surface area (Å²) in [4.78, 5) is 59.8. The van der Waals surface area contributed by atoms with Gasteiger partial charge in [-0.2, -0.15) is 10.2 Å². The number of aromatic nitrogens is 14. The van der Waals surface area contributed by atoms with Crippen molar-refractivity contribution in [2.24, 2.45) is 0 Å². The number of anilines is 4. The molecule has 2 atom stereocenters. The zero-order valence-electron chi connectivity index (χ0n) is 50.0. The van der Waals surface area contributed by atoms with E-state index in [1.807, 2.05) is 108 Å². The topological polar surface area (TPSA) is 248 Å². The SMILES string of the molecule is CC(C)n1cc(Nc2nccc(-c3ccc4c(c3)CN(C(=O)OC(C)(C)C)CC[C@H]4CC(=O)c3cn(C(C)(C)C)nn3)n2)cn1.CC(C)n1cc(Nc2nccc(-c3ccc4c(c3)CNCC[C@H]4CC(=O)c3cn(C(C)(C)C)nn3)n2)cn1. The zero-order valence-corrected chi connectivity index (χ0v) is 50.0. The molecule has 1 amide bonds. The van der Waals surface area contributed by atoms with Gasteiger partial charge in [0.1, 0.15) is 17.0 Å². The number of carbonyl (C=O) groups excluding carboxylic acids is 3. The highest BCUT2D eigenvalue weighted by molar-refractivity contribution is 5.95. The van der Waals surface area contributed by atoms with E-state index < -0.39 is 5.60 Å². The Kier molecular flexibility index (Phi) is 17.5. The third-order valence-corrected chi connectivity index (χ3v) is 14.4. The van der Waals surface area contributed by atoms with Crippen LogP contribution in [0.4, 0.5) is 28.1 Å². The van der Waals surface area contributed by atoms with Crippen LogP contribution in [0.25, 0.3) is 22.5 Å². The van der Waals surface area contributed by atoms with Crippen LogP contribution in [0.1, 0.15) is 183 Å². The Hall–Kier alpha value is -8.53. The first-order valence-corrected chi connectivity index (χ1v) is 28.5. The van der Waals surface area contributed by atoms with E-state index >= 15 is 0 Å². The maximum Gasteiger partial charge on any atom is 0.410 e. The third-order valence-electron chi connectivity index (χ3n) is 14.4. The Balaban J connectivity index is 0.000000202. The lowest BCUT2D eigenvalue weighted by molar-refractivity contribution is 0.0234. The second-order valence-corrected chi connectivity index (χ2v) is 25.0. The summed E-state index contributed by atoms with van der Waals surface area (Å²) in [5.74, 6) is 0.909. The first-order chi connectivity index (χ1) is 39.3. The van der Waals surface area contributed by atoms with Crippen molar-refractivity contribution in [1.29, 1.82) is 0 Å². The number of nitrogens with one attached hydrogen (secondary N) is 3. The Morgan fingerprint density at radius 1 is 0.639 bits per heavy atom. The van der Waals surface area contributed by atoms with E-state index in [9.17, 15) is 14.4 Å². The molecule has 2 aliphatic heterocycles. The quantitative estimate of drug-likeness (QED) is 0.0856. The number of hydrogen-bond donors (Lipinski definition) is 3. The van der Waals surface area contributed by atoms with E-state index in [1.165, 1.54) is 11.1 Å². The third kappa shape index (κ3) is 14.9. The number of amides is 1. The standard InChI is InChI=1S/C33H43N9O3.C28H35N9O/c1-21(2)41-19-25(17-35-41)36-30-34-13-11-27(37-30)23-9-10-26-22(16-29(43)28-20-42(39-38-28)32(3,4)5)12-14-40(18-24(26)15-23)31(44)45-33(6,7)8;1-18(2)36-16-22(15-31-36)32-27-30-11-9-24(33-27)20-6-7-23-19(8-10-29-14-21(23)12-20)13-26(38)25-17-37(35-34-25)28(3,4)5/h9-11,13,15,17,19-22H,12,14,16,18H2,1-8H3,(H,34,36,37);6-7,9,11-12,15-19,29H,8,10,13-14H2,1-5H3,(H,30,32,33)/t22-;19-/m00/s1. The van der Waals surface area contributed by atoms with Gasteiger partial charge in [-0.25, -0.2) is 34.1 Å².